The number of amides is 3. The van der Waals surface area contributed by atoms with Crippen LogP contribution in [0.3, 0.4) is 0 Å². The predicted octanol–water partition coefficient (Wildman–Crippen LogP) is 7.80. The Morgan fingerprint density at radius 3 is 2.44 bits per heavy atom. The largest absolute Gasteiger partial charge is 0.497 e. The van der Waals surface area contributed by atoms with Gasteiger partial charge in [-0.05, 0) is 78.5 Å². The van der Waals surface area contributed by atoms with Crippen molar-refractivity contribution in [1.82, 2.24) is 10.3 Å². The van der Waals surface area contributed by atoms with E-state index >= 15 is 0 Å². The molecule has 0 saturated heterocycles. The lowest BCUT2D eigenvalue weighted by Gasteiger charge is -2.15. The minimum absolute atomic E-state index is 0.118. The lowest BCUT2D eigenvalue weighted by atomic mass is 10.2. The Hall–Kier alpha value is -4.71. The van der Waals surface area contributed by atoms with Crippen molar-refractivity contribution in [3.63, 3.8) is 0 Å². The summed E-state index contributed by atoms with van der Waals surface area (Å²) in [5, 5.41) is 12.5. The zero-order chi connectivity index (χ0) is 31.6. The number of nitrogens with zero attached hydrogens (tertiary/aromatic N) is 1. The SMILES string of the molecule is CCC(Sc1cccc(NC(=O)/C(=C/c2cccs2)NC(=O)c2ccccc2)c1)C(=O)Nc1nc(-c2ccc(OC)cc2)cs1. The van der Waals surface area contributed by atoms with Crippen LogP contribution in [0.15, 0.2) is 112 Å². The number of thiophene rings is 1. The van der Waals surface area contributed by atoms with Gasteiger partial charge in [-0.2, -0.15) is 0 Å². The zero-order valence-electron chi connectivity index (χ0n) is 24.5. The third-order valence-electron chi connectivity index (χ3n) is 6.51. The highest BCUT2D eigenvalue weighted by Gasteiger charge is 2.21. The molecule has 11 heteroatoms. The van der Waals surface area contributed by atoms with Gasteiger partial charge in [0.1, 0.15) is 11.4 Å². The first-order chi connectivity index (χ1) is 21.9. The molecule has 3 aromatic carbocycles. The van der Waals surface area contributed by atoms with Crippen LogP contribution in [0.25, 0.3) is 17.3 Å². The molecule has 0 aliphatic heterocycles. The van der Waals surface area contributed by atoms with Crippen LogP contribution in [-0.4, -0.2) is 35.1 Å². The van der Waals surface area contributed by atoms with Gasteiger partial charge in [-0.1, -0.05) is 37.3 Å². The Balaban J connectivity index is 1.24. The van der Waals surface area contributed by atoms with E-state index < -0.39 is 5.91 Å². The fourth-order valence-corrected chi connectivity index (χ4v) is 6.59. The molecule has 1 unspecified atom stereocenters. The molecule has 5 aromatic rings. The van der Waals surface area contributed by atoms with Crippen LogP contribution < -0.4 is 20.7 Å². The molecule has 2 heterocycles. The third-order valence-corrected chi connectivity index (χ3v) is 9.45. The lowest BCUT2D eigenvalue weighted by molar-refractivity contribution is -0.116. The molecule has 0 aliphatic carbocycles. The molecule has 3 N–H and O–H groups in total. The minimum Gasteiger partial charge on any atom is -0.497 e. The Bertz CT molecular complexity index is 1790. The second-order valence-electron chi connectivity index (χ2n) is 9.65. The number of carbonyl (C=O) groups is 3. The van der Waals surface area contributed by atoms with E-state index in [-0.39, 0.29) is 22.8 Å². The van der Waals surface area contributed by atoms with Crippen molar-refractivity contribution in [2.45, 2.75) is 23.5 Å². The Kier molecular flexibility index (Phi) is 10.8. The summed E-state index contributed by atoms with van der Waals surface area (Å²) in [4.78, 5) is 45.7. The summed E-state index contributed by atoms with van der Waals surface area (Å²) in [6, 6.07) is 27.3. The molecule has 2 aromatic heterocycles. The Morgan fingerprint density at radius 2 is 1.73 bits per heavy atom. The van der Waals surface area contributed by atoms with Gasteiger partial charge in [0, 0.05) is 32.0 Å². The number of rotatable bonds is 12. The monoisotopic (exact) mass is 654 g/mol. The molecule has 0 spiro atoms. The second-order valence-corrected chi connectivity index (χ2v) is 12.8. The molecule has 1 atom stereocenters. The van der Waals surface area contributed by atoms with Crippen molar-refractivity contribution in [3.8, 4) is 17.0 Å². The number of aromatic nitrogens is 1. The highest BCUT2D eigenvalue weighted by Crippen LogP contribution is 2.31. The van der Waals surface area contributed by atoms with Crippen molar-refractivity contribution in [3.05, 3.63) is 118 Å². The lowest BCUT2D eigenvalue weighted by Crippen LogP contribution is -2.30. The van der Waals surface area contributed by atoms with Crippen LogP contribution in [0.4, 0.5) is 10.8 Å². The molecule has 0 saturated carbocycles. The molecule has 0 radical (unpaired) electrons. The Labute approximate surface area is 273 Å². The summed E-state index contributed by atoms with van der Waals surface area (Å²) in [7, 11) is 1.62. The number of hydrogen-bond acceptors (Lipinski definition) is 8. The van der Waals surface area contributed by atoms with Crippen molar-refractivity contribution < 1.29 is 19.1 Å². The van der Waals surface area contributed by atoms with Gasteiger partial charge in [-0.3, -0.25) is 14.4 Å². The van der Waals surface area contributed by atoms with E-state index in [9.17, 15) is 14.4 Å². The van der Waals surface area contributed by atoms with Crippen LogP contribution in [-0.2, 0) is 9.59 Å². The summed E-state index contributed by atoms with van der Waals surface area (Å²) in [6.45, 7) is 1.95. The van der Waals surface area contributed by atoms with Gasteiger partial charge < -0.3 is 20.7 Å². The molecule has 0 bridgehead atoms. The summed E-state index contributed by atoms with van der Waals surface area (Å²) in [5.74, 6) is -0.238. The first kappa shape index (κ1) is 31.7. The van der Waals surface area contributed by atoms with E-state index in [1.165, 1.54) is 34.4 Å². The van der Waals surface area contributed by atoms with Crippen LogP contribution in [0.1, 0.15) is 28.6 Å². The fourth-order valence-electron chi connectivity index (χ4n) is 4.20. The van der Waals surface area contributed by atoms with Gasteiger partial charge in [0.25, 0.3) is 11.8 Å². The maximum absolute atomic E-state index is 13.4. The standard InChI is InChI=1S/C34H30N4O4S3/c1-3-30(33(41)38-34-37-29(21-44-34)22-14-16-25(42-2)17-15-22)45-27-12-7-11-24(19-27)35-32(40)28(20-26-13-8-18-43-26)36-31(39)23-9-5-4-6-10-23/h4-21,30H,3H2,1-2H3,(H,35,40)(H,36,39)(H,37,38,41)/b28-20-. The van der Waals surface area contributed by atoms with E-state index in [1.807, 2.05) is 78.3 Å². The van der Waals surface area contributed by atoms with E-state index in [0.29, 0.717) is 22.8 Å². The van der Waals surface area contributed by atoms with Crippen molar-refractivity contribution in [1.29, 1.82) is 0 Å². The van der Waals surface area contributed by atoms with E-state index in [4.69, 9.17) is 4.74 Å². The number of hydrogen-bond donors (Lipinski definition) is 3. The Morgan fingerprint density at radius 1 is 0.933 bits per heavy atom. The quantitative estimate of drug-likeness (QED) is 0.0936. The second kappa shape index (κ2) is 15.3. The van der Waals surface area contributed by atoms with Crippen LogP contribution in [0.5, 0.6) is 5.75 Å². The molecule has 228 valence electrons. The zero-order valence-corrected chi connectivity index (χ0v) is 26.9. The van der Waals surface area contributed by atoms with Gasteiger partial charge in [0.05, 0.1) is 18.1 Å². The number of nitrogens with one attached hydrogen (secondary N) is 3. The van der Waals surface area contributed by atoms with Gasteiger partial charge in [-0.25, -0.2) is 4.98 Å². The highest BCUT2D eigenvalue weighted by atomic mass is 32.2. The first-order valence-electron chi connectivity index (χ1n) is 14.0. The number of carbonyl (C=O) groups excluding carboxylic acids is 3. The molecule has 8 nitrogen and oxygen atoms in total. The van der Waals surface area contributed by atoms with Gasteiger partial charge in [0.15, 0.2) is 5.13 Å². The predicted molar refractivity (Wildman–Crippen MR) is 184 cm³/mol. The van der Waals surface area contributed by atoms with Gasteiger partial charge >= 0.3 is 0 Å². The summed E-state index contributed by atoms with van der Waals surface area (Å²) in [5.41, 5.74) is 2.80. The summed E-state index contributed by atoms with van der Waals surface area (Å²) in [6.07, 6.45) is 2.23. The number of thioether (sulfide) groups is 1. The molecule has 45 heavy (non-hydrogen) atoms. The van der Waals surface area contributed by atoms with Crippen molar-refractivity contribution >= 4 is 69.1 Å². The number of anilines is 2. The number of methoxy groups -OCH3 is 1. The molecular weight excluding hydrogens is 625 g/mol. The smallest absolute Gasteiger partial charge is 0.272 e. The number of thiazole rings is 1. The number of ether oxygens (including phenoxy) is 1. The number of benzene rings is 3. The van der Waals surface area contributed by atoms with E-state index in [2.05, 4.69) is 20.9 Å². The van der Waals surface area contributed by atoms with Crippen molar-refractivity contribution in [2.24, 2.45) is 0 Å². The molecule has 5 rings (SSSR count). The maximum Gasteiger partial charge on any atom is 0.272 e. The molecule has 3 amide bonds. The third kappa shape index (κ3) is 8.69. The minimum atomic E-state index is -0.462. The topological polar surface area (TPSA) is 109 Å². The van der Waals surface area contributed by atoms with E-state index in [1.54, 1.807) is 43.5 Å². The molecular formula is C34H30N4O4S3. The van der Waals surface area contributed by atoms with Crippen molar-refractivity contribution in [2.75, 3.05) is 17.7 Å². The molecule has 0 fully saturated rings. The van der Waals surface area contributed by atoms with Crippen LogP contribution in [0, 0.1) is 0 Å². The van der Waals surface area contributed by atoms with Crippen LogP contribution >= 0.6 is 34.4 Å². The normalized spacial score (nSPS) is 11.8. The van der Waals surface area contributed by atoms with Crippen LogP contribution in [0.2, 0.25) is 0 Å². The average molecular weight is 655 g/mol. The first-order valence-corrected chi connectivity index (χ1v) is 16.7. The van der Waals surface area contributed by atoms with E-state index in [0.717, 1.165) is 26.8 Å². The average Bonchev–Trinajstić information content (AvgIpc) is 3.76. The summed E-state index contributed by atoms with van der Waals surface area (Å²) >= 11 is 4.23. The highest BCUT2D eigenvalue weighted by molar-refractivity contribution is 8.00. The fraction of sp³-hybridized carbons (Fsp3) is 0.118. The molecule has 0 aliphatic rings. The van der Waals surface area contributed by atoms with Gasteiger partial charge in [-0.15, -0.1) is 34.4 Å². The maximum atomic E-state index is 13.4. The summed E-state index contributed by atoms with van der Waals surface area (Å²) < 4.78 is 5.22. The van der Waals surface area contributed by atoms with Gasteiger partial charge in [0.2, 0.25) is 5.91 Å².